The van der Waals surface area contributed by atoms with Crippen LogP contribution in [0.5, 0.6) is 5.75 Å². The molecule has 2 aromatic rings. The monoisotopic (exact) mass is 305 g/mol. The number of carbonyl (C=O) groups excluding carboxylic acids is 1. The van der Waals surface area contributed by atoms with Gasteiger partial charge in [-0.2, -0.15) is 0 Å². The first kappa shape index (κ1) is 12.8. The number of ketones is 1. The predicted molar refractivity (Wildman–Crippen MR) is 73.0 cm³/mol. The molecule has 0 aliphatic rings. The maximum atomic E-state index is 12.2. The number of rotatable bonds is 4. The molecule has 3 nitrogen and oxygen atoms in total. The summed E-state index contributed by atoms with van der Waals surface area (Å²) in [6.07, 6.45) is 3.15. The Morgan fingerprint density at radius 1 is 1.28 bits per heavy atom. The molecule has 0 amide bonds. The highest BCUT2D eigenvalue weighted by Crippen LogP contribution is 2.17. The van der Waals surface area contributed by atoms with Gasteiger partial charge in [-0.3, -0.25) is 9.78 Å². The van der Waals surface area contributed by atoms with E-state index in [9.17, 15) is 4.79 Å². The van der Waals surface area contributed by atoms with Gasteiger partial charge in [0.2, 0.25) is 0 Å². The van der Waals surface area contributed by atoms with Gasteiger partial charge in [-0.05, 0) is 25.1 Å². The van der Waals surface area contributed by atoms with Gasteiger partial charge in [0.15, 0.2) is 5.78 Å². The third-order valence-corrected chi connectivity index (χ3v) is 2.87. The number of benzene rings is 1. The molecule has 0 atom stereocenters. The van der Waals surface area contributed by atoms with Crippen molar-refractivity contribution in [2.45, 2.75) is 6.92 Å². The van der Waals surface area contributed by atoms with Crippen molar-refractivity contribution in [2.24, 2.45) is 0 Å². The minimum absolute atomic E-state index is 0.0645. The van der Waals surface area contributed by atoms with E-state index in [4.69, 9.17) is 4.74 Å². The van der Waals surface area contributed by atoms with Gasteiger partial charge in [0, 0.05) is 21.8 Å². The number of carbonyl (C=O) groups is 1. The van der Waals surface area contributed by atoms with Gasteiger partial charge in [-0.25, -0.2) is 0 Å². The van der Waals surface area contributed by atoms with Crippen LogP contribution in [-0.4, -0.2) is 17.4 Å². The van der Waals surface area contributed by atoms with E-state index in [1.807, 2.05) is 19.1 Å². The van der Waals surface area contributed by atoms with Gasteiger partial charge in [-0.15, -0.1) is 0 Å². The average molecular weight is 306 g/mol. The third-order valence-electron chi connectivity index (χ3n) is 2.37. The van der Waals surface area contributed by atoms with Crippen molar-refractivity contribution >= 4 is 21.7 Å². The van der Waals surface area contributed by atoms with Crippen LogP contribution in [0.3, 0.4) is 0 Å². The summed E-state index contributed by atoms with van der Waals surface area (Å²) in [7, 11) is 0. The van der Waals surface area contributed by atoms with Gasteiger partial charge in [0.1, 0.15) is 5.75 Å². The van der Waals surface area contributed by atoms with Crippen molar-refractivity contribution in [3.8, 4) is 5.75 Å². The fourth-order valence-corrected chi connectivity index (χ4v) is 1.98. The van der Waals surface area contributed by atoms with Crippen LogP contribution in [0, 0.1) is 0 Å². The van der Waals surface area contributed by atoms with Crippen LogP contribution < -0.4 is 4.74 Å². The van der Waals surface area contributed by atoms with Crippen LogP contribution in [0.1, 0.15) is 22.8 Å². The molecule has 0 spiro atoms. The summed E-state index contributed by atoms with van der Waals surface area (Å²) in [6.45, 7) is 2.44. The first-order chi connectivity index (χ1) is 8.70. The van der Waals surface area contributed by atoms with Gasteiger partial charge >= 0.3 is 0 Å². The number of aromatic nitrogens is 1. The lowest BCUT2D eigenvalue weighted by Crippen LogP contribution is -2.03. The molecule has 18 heavy (non-hydrogen) atoms. The molecule has 0 aliphatic heterocycles. The Labute approximate surface area is 114 Å². The lowest BCUT2D eigenvalue weighted by molar-refractivity contribution is 0.103. The normalized spacial score (nSPS) is 10.1. The van der Waals surface area contributed by atoms with E-state index in [1.165, 1.54) is 0 Å². The molecule has 92 valence electrons. The Bertz CT molecular complexity index is 569. The predicted octanol–water partition coefficient (Wildman–Crippen LogP) is 3.47. The van der Waals surface area contributed by atoms with Gasteiger partial charge in [-0.1, -0.05) is 28.1 Å². The molecule has 0 N–H and O–H groups in total. The van der Waals surface area contributed by atoms with Crippen molar-refractivity contribution < 1.29 is 9.53 Å². The molecule has 2 rings (SSSR count). The van der Waals surface area contributed by atoms with Crippen LogP contribution in [0.15, 0.2) is 47.2 Å². The molecule has 0 unspecified atom stereocenters. The second-order valence-electron chi connectivity index (χ2n) is 3.68. The largest absolute Gasteiger partial charge is 0.492 e. The minimum atomic E-state index is -0.0645. The second-order valence-corrected chi connectivity index (χ2v) is 4.60. The average Bonchev–Trinajstić information content (AvgIpc) is 2.39. The number of pyridine rings is 1. The Hall–Kier alpha value is -1.68. The number of hydrogen-bond acceptors (Lipinski definition) is 3. The fourth-order valence-electron chi connectivity index (χ4n) is 1.58. The zero-order chi connectivity index (χ0) is 13.0. The molecule has 0 saturated carbocycles. The summed E-state index contributed by atoms with van der Waals surface area (Å²) in [5.41, 5.74) is 1.15. The van der Waals surface area contributed by atoms with E-state index in [0.29, 0.717) is 23.5 Å². The molecule has 1 aromatic carbocycles. The molecule has 0 bridgehead atoms. The van der Waals surface area contributed by atoms with Crippen molar-refractivity contribution in [3.63, 3.8) is 0 Å². The molecule has 0 radical (unpaired) electrons. The number of ether oxygens (including phenoxy) is 1. The van der Waals surface area contributed by atoms with E-state index >= 15 is 0 Å². The quantitative estimate of drug-likeness (QED) is 0.812. The zero-order valence-corrected chi connectivity index (χ0v) is 11.5. The fraction of sp³-hybridized carbons (Fsp3) is 0.143. The maximum Gasteiger partial charge on any atom is 0.194 e. The smallest absolute Gasteiger partial charge is 0.194 e. The van der Waals surface area contributed by atoms with Gasteiger partial charge in [0.05, 0.1) is 12.8 Å². The van der Waals surface area contributed by atoms with Crippen LogP contribution in [0.2, 0.25) is 0 Å². The first-order valence-electron chi connectivity index (χ1n) is 5.59. The van der Waals surface area contributed by atoms with Crippen molar-refractivity contribution in [1.29, 1.82) is 0 Å². The molecular formula is C14H12BrNO2. The molecule has 1 aromatic heterocycles. The van der Waals surface area contributed by atoms with Crippen molar-refractivity contribution in [1.82, 2.24) is 4.98 Å². The van der Waals surface area contributed by atoms with Crippen LogP contribution in [0.25, 0.3) is 0 Å². The second kappa shape index (κ2) is 5.78. The van der Waals surface area contributed by atoms with Gasteiger partial charge < -0.3 is 4.74 Å². The van der Waals surface area contributed by atoms with E-state index in [1.54, 1.807) is 30.6 Å². The van der Waals surface area contributed by atoms with Crippen molar-refractivity contribution in [3.05, 3.63) is 58.3 Å². The van der Waals surface area contributed by atoms with Crippen molar-refractivity contribution in [2.75, 3.05) is 6.61 Å². The first-order valence-corrected chi connectivity index (χ1v) is 6.38. The Morgan fingerprint density at radius 3 is 2.83 bits per heavy atom. The van der Waals surface area contributed by atoms with Crippen LogP contribution in [-0.2, 0) is 0 Å². The van der Waals surface area contributed by atoms with E-state index in [0.717, 1.165) is 4.47 Å². The number of halogens is 1. The zero-order valence-electron chi connectivity index (χ0n) is 9.89. The summed E-state index contributed by atoms with van der Waals surface area (Å²) in [6, 6.07) is 8.98. The molecule has 1 heterocycles. The maximum absolute atomic E-state index is 12.2. The van der Waals surface area contributed by atoms with E-state index in [2.05, 4.69) is 20.9 Å². The molecular weight excluding hydrogens is 294 g/mol. The van der Waals surface area contributed by atoms with E-state index in [-0.39, 0.29) is 5.78 Å². The Balaban J connectivity index is 2.31. The van der Waals surface area contributed by atoms with Crippen LogP contribution in [0.4, 0.5) is 0 Å². The Kier molecular flexibility index (Phi) is 4.10. The summed E-state index contributed by atoms with van der Waals surface area (Å²) < 4.78 is 6.21. The highest BCUT2D eigenvalue weighted by atomic mass is 79.9. The van der Waals surface area contributed by atoms with Gasteiger partial charge in [0.25, 0.3) is 0 Å². The highest BCUT2D eigenvalue weighted by Gasteiger charge is 2.10. The summed E-state index contributed by atoms with van der Waals surface area (Å²) >= 11 is 3.35. The van der Waals surface area contributed by atoms with Crippen LogP contribution >= 0.6 is 15.9 Å². The standard InChI is InChI=1S/C14H12BrNO2/c1-2-18-13-7-11(8-16-9-13)14(17)10-4-3-5-12(15)6-10/h3-9H,2H2,1H3. The third kappa shape index (κ3) is 2.96. The lowest BCUT2D eigenvalue weighted by atomic mass is 10.1. The summed E-state index contributed by atoms with van der Waals surface area (Å²) in [5.74, 6) is 0.545. The minimum Gasteiger partial charge on any atom is -0.492 e. The molecule has 0 aliphatic carbocycles. The van der Waals surface area contributed by atoms with E-state index < -0.39 is 0 Å². The summed E-state index contributed by atoms with van der Waals surface area (Å²) in [5, 5.41) is 0. The Morgan fingerprint density at radius 2 is 2.11 bits per heavy atom. The molecule has 0 fully saturated rings. The highest BCUT2D eigenvalue weighted by molar-refractivity contribution is 9.10. The lowest BCUT2D eigenvalue weighted by Gasteiger charge is -2.05. The number of nitrogens with zero attached hydrogens (tertiary/aromatic N) is 1. The molecule has 0 saturated heterocycles. The molecule has 4 heteroatoms. The number of hydrogen-bond donors (Lipinski definition) is 0. The summed E-state index contributed by atoms with van der Waals surface area (Å²) in [4.78, 5) is 16.3. The topological polar surface area (TPSA) is 39.2 Å². The SMILES string of the molecule is CCOc1cncc(C(=O)c2cccc(Br)c2)c1.